The van der Waals surface area contributed by atoms with Crippen molar-refractivity contribution in [1.82, 2.24) is 5.32 Å². The SMILES string of the molecule is CCC(C)(C)NC(=O)[C@@H]1CCC[C@@H]1CN. The molecule has 0 radical (unpaired) electrons. The molecule has 88 valence electrons. The van der Waals surface area contributed by atoms with Gasteiger partial charge in [0.15, 0.2) is 0 Å². The number of carbonyl (C=O) groups is 1. The van der Waals surface area contributed by atoms with E-state index >= 15 is 0 Å². The van der Waals surface area contributed by atoms with Crippen LogP contribution < -0.4 is 11.1 Å². The lowest BCUT2D eigenvalue weighted by atomic mass is 9.93. The smallest absolute Gasteiger partial charge is 0.223 e. The Bertz CT molecular complexity index is 226. The Morgan fingerprint density at radius 2 is 2.13 bits per heavy atom. The molecule has 0 aromatic rings. The molecular weight excluding hydrogens is 188 g/mol. The first kappa shape index (κ1) is 12.5. The highest BCUT2D eigenvalue weighted by Crippen LogP contribution is 2.31. The lowest BCUT2D eigenvalue weighted by molar-refractivity contribution is -0.127. The van der Waals surface area contributed by atoms with Crippen molar-refractivity contribution in [3.05, 3.63) is 0 Å². The highest BCUT2D eigenvalue weighted by Gasteiger charge is 2.33. The van der Waals surface area contributed by atoms with Gasteiger partial charge in [-0.3, -0.25) is 4.79 Å². The van der Waals surface area contributed by atoms with Crippen molar-refractivity contribution in [2.75, 3.05) is 6.54 Å². The zero-order valence-corrected chi connectivity index (χ0v) is 10.2. The minimum atomic E-state index is -0.0845. The number of nitrogens with two attached hydrogens (primary N) is 1. The molecule has 1 amide bonds. The number of carbonyl (C=O) groups excluding carboxylic acids is 1. The van der Waals surface area contributed by atoms with Crippen molar-refractivity contribution in [2.24, 2.45) is 17.6 Å². The van der Waals surface area contributed by atoms with Crippen molar-refractivity contribution in [2.45, 2.75) is 52.0 Å². The molecule has 0 aliphatic heterocycles. The first-order chi connectivity index (χ1) is 7.00. The molecule has 1 aliphatic rings. The maximum atomic E-state index is 12.0. The molecule has 3 nitrogen and oxygen atoms in total. The molecule has 0 spiro atoms. The largest absolute Gasteiger partial charge is 0.351 e. The van der Waals surface area contributed by atoms with Crippen LogP contribution in [0.1, 0.15) is 46.5 Å². The summed E-state index contributed by atoms with van der Waals surface area (Å²) in [6, 6.07) is 0. The van der Waals surface area contributed by atoms with Gasteiger partial charge in [0.1, 0.15) is 0 Å². The van der Waals surface area contributed by atoms with E-state index in [1.807, 2.05) is 0 Å². The van der Waals surface area contributed by atoms with Gasteiger partial charge in [-0.25, -0.2) is 0 Å². The topological polar surface area (TPSA) is 55.1 Å². The first-order valence-electron chi connectivity index (χ1n) is 6.02. The summed E-state index contributed by atoms with van der Waals surface area (Å²) in [5.74, 6) is 0.758. The Morgan fingerprint density at radius 3 is 2.67 bits per heavy atom. The van der Waals surface area contributed by atoms with Crippen LogP contribution in [0.25, 0.3) is 0 Å². The van der Waals surface area contributed by atoms with Crippen molar-refractivity contribution >= 4 is 5.91 Å². The second kappa shape index (κ2) is 4.97. The van der Waals surface area contributed by atoms with E-state index in [9.17, 15) is 4.79 Å². The molecule has 15 heavy (non-hydrogen) atoms. The molecule has 1 aliphatic carbocycles. The Balaban J connectivity index is 2.53. The third-order valence-corrected chi connectivity index (χ3v) is 3.64. The van der Waals surface area contributed by atoms with Crippen molar-refractivity contribution < 1.29 is 4.79 Å². The zero-order chi connectivity index (χ0) is 11.5. The van der Waals surface area contributed by atoms with E-state index in [4.69, 9.17) is 5.73 Å². The molecule has 1 fully saturated rings. The van der Waals surface area contributed by atoms with Crippen molar-refractivity contribution in [3.8, 4) is 0 Å². The van der Waals surface area contributed by atoms with Gasteiger partial charge in [0.25, 0.3) is 0 Å². The quantitative estimate of drug-likeness (QED) is 0.744. The second-order valence-corrected chi connectivity index (χ2v) is 5.26. The minimum Gasteiger partial charge on any atom is -0.351 e. The van der Waals surface area contributed by atoms with Crippen molar-refractivity contribution in [1.29, 1.82) is 0 Å². The second-order valence-electron chi connectivity index (χ2n) is 5.26. The number of amides is 1. The molecule has 0 saturated heterocycles. The highest BCUT2D eigenvalue weighted by molar-refractivity contribution is 5.80. The number of rotatable bonds is 4. The van der Waals surface area contributed by atoms with Crippen LogP contribution in [-0.2, 0) is 4.79 Å². The average Bonchev–Trinajstić information content (AvgIpc) is 2.64. The summed E-state index contributed by atoms with van der Waals surface area (Å²) < 4.78 is 0. The van der Waals surface area contributed by atoms with E-state index < -0.39 is 0 Å². The Hall–Kier alpha value is -0.570. The number of nitrogens with one attached hydrogen (secondary N) is 1. The highest BCUT2D eigenvalue weighted by atomic mass is 16.2. The maximum absolute atomic E-state index is 12.0. The summed E-state index contributed by atoms with van der Waals surface area (Å²) in [6.07, 6.45) is 4.22. The lowest BCUT2D eigenvalue weighted by Gasteiger charge is -2.28. The van der Waals surface area contributed by atoms with E-state index in [2.05, 4.69) is 26.1 Å². The van der Waals surface area contributed by atoms with Gasteiger partial charge in [0.05, 0.1) is 0 Å². The van der Waals surface area contributed by atoms with Gasteiger partial charge in [-0.2, -0.15) is 0 Å². The first-order valence-corrected chi connectivity index (χ1v) is 6.02. The van der Waals surface area contributed by atoms with Gasteiger partial charge in [-0.05, 0) is 45.6 Å². The van der Waals surface area contributed by atoms with Gasteiger partial charge >= 0.3 is 0 Å². The summed E-state index contributed by atoms with van der Waals surface area (Å²) in [7, 11) is 0. The van der Waals surface area contributed by atoms with Gasteiger partial charge < -0.3 is 11.1 Å². The fourth-order valence-corrected chi connectivity index (χ4v) is 2.18. The molecule has 0 bridgehead atoms. The van der Waals surface area contributed by atoms with Crippen molar-refractivity contribution in [3.63, 3.8) is 0 Å². The van der Waals surface area contributed by atoms with Crippen LogP contribution in [-0.4, -0.2) is 18.0 Å². The molecule has 0 aromatic heterocycles. The van der Waals surface area contributed by atoms with Gasteiger partial charge in [0.2, 0.25) is 5.91 Å². The summed E-state index contributed by atoms with van der Waals surface area (Å²) in [4.78, 5) is 12.0. The molecule has 2 atom stereocenters. The van der Waals surface area contributed by atoms with E-state index in [-0.39, 0.29) is 17.4 Å². The molecule has 3 N–H and O–H groups in total. The van der Waals surface area contributed by atoms with E-state index in [1.54, 1.807) is 0 Å². The molecule has 1 rings (SSSR count). The lowest BCUT2D eigenvalue weighted by Crippen LogP contribution is -2.46. The summed E-state index contributed by atoms with van der Waals surface area (Å²) in [5.41, 5.74) is 5.59. The normalized spacial score (nSPS) is 26.7. The fraction of sp³-hybridized carbons (Fsp3) is 0.917. The summed E-state index contributed by atoms with van der Waals surface area (Å²) in [5, 5.41) is 3.12. The van der Waals surface area contributed by atoms with Crippen LogP contribution in [0.5, 0.6) is 0 Å². The van der Waals surface area contributed by atoms with Crippen LogP contribution in [0.4, 0.5) is 0 Å². The molecule has 3 heteroatoms. The van der Waals surface area contributed by atoms with Gasteiger partial charge in [-0.1, -0.05) is 13.3 Å². The third kappa shape index (κ3) is 3.20. The van der Waals surface area contributed by atoms with Gasteiger partial charge in [0, 0.05) is 11.5 Å². The predicted octanol–water partition coefficient (Wildman–Crippen LogP) is 1.67. The van der Waals surface area contributed by atoms with Crippen LogP contribution in [0.3, 0.4) is 0 Å². The number of hydrogen-bond acceptors (Lipinski definition) is 2. The van der Waals surface area contributed by atoms with E-state index in [1.165, 1.54) is 0 Å². The fourth-order valence-electron chi connectivity index (χ4n) is 2.18. The molecule has 0 aromatic carbocycles. The van der Waals surface area contributed by atoms with Crippen LogP contribution in [0, 0.1) is 11.8 Å². The Labute approximate surface area is 92.8 Å². The third-order valence-electron chi connectivity index (χ3n) is 3.64. The molecular formula is C12H24N2O. The summed E-state index contributed by atoms with van der Waals surface area (Å²) in [6.45, 7) is 6.87. The predicted molar refractivity (Wildman–Crippen MR) is 62.4 cm³/mol. The monoisotopic (exact) mass is 212 g/mol. The minimum absolute atomic E-state index is 0.0845. The molecule has 0 unspecified atom stereocenters. The van der Waals surface area contributed by atoms with Gasteiger partial charge in [-0.15, -0.1) is 0 Å². The molecule has 0 heterocycles. The maximum Gasteiger partial charge on any atom is 0.223 e. The molecule has 1 saturated carbocycles. The zero-order valence-electron chi connectivity index (χ0n) is 10.2. The summed E-state index contributed by atoms with van der Waals surface area (Å²) >= 11 is 0. The van der Waals surface area contributed by atoms with Crippen LogP contribution in [0.15, 0.2) is 0 Å². The number of hydrogen-bond donors (Lipinski definition) is 2. The van der Waals surface area contributed by atoms with Crippen LogP contribution in [0.2, 0.25) is 0 Å². The standard InChI is InChI=1S/C12H24N2O/c1-4-12(2,3)14-11(15)10-7-5-6-9(10)8-13/h9-10H,4-8,13H2,1-3H3,(H,14,15)/t9-,10-/m1/s1. The Kier molecular flexibility index (Phi) is 4.14. The van der Waals surface area contributed by atoms with E-state index in [0.29, 0.717) is 12.5 Å². The Morgan fingerprint density at radius 1 is 1.47 bits per heavy atom. The van der Waals surface area contributed by atoms with Crippen LogP contribution >= 0.6 is 0 Å². The average molecular weight is 212 g/mol. The van der Waals surface area contributed by atoms with E-state index in [0.717, 1.165) is 25.7 Å².